The molecule has 130 valence electrons. The summed E-state index contributed by atoms with van der Waals surface area (Å²) in [4.78, 5) is 9.05. The Morgan fingerprint density at radius 3 is 2.27 bits per heavy atom. The normalized spacial score (nSPS) is 11.3. The van der Waals surface area contributed by atoms with E-state index in [4.69, 9.17) is 0 Å². The van der Waals surface area contributed by atoms with Gasteiger partial charge in [0, 0.05) is 23.0 Å². The lowest BCUT2D eigenvalue weighted by Gasteiger charge is -2.08. The van der Waals surface area contributed by atoms with Crippen LogP contribution in [-0.2, 0) is 19.3 Å². The second-order valence-corrected chi connectivity index (χ2v) is 6.28. The number of aromatic nitrogens is 4. The molecular weight excluding hydrogens is 328 g/mol. The number of hydrogen-bond donors (Lipinski definition) is 2. The average molecular weight is 346 g/mol. The van der Waals surface area contributed by atoms with E-state index in [0.717, 1.165) is 39.5 Å². The Balaban J connectivity index is 1.61. The van der Waals surface area contributed by atoms with Crippen LogP contribution >= 0.6 is 0 Å². The predicted molar refractivity (Wildman–Crippen MR) is 99.2 cm³/mol. The van der Waals surface area contributed by atoms with Crippen molar-refractivity contribution >= 4 is 21.8 Å². The lowest BCUT2D eigenvalue weighted by molar-refractivity contribution is 0.468. The van der Waals surface area contributed by atoms with Crippen molar-refractivity contribution in [2.45, 2.75) is 26.2 Å². The van der Waals surface area contributed by atoms with Crippen LogP contribution in [0.15, 0.2) is 42.9 Å². The van der Waals surface area contributed by atoms with E-state index in [1.165, 1.54) is 0 Å². The molecule has 0 aliphatic heterocycles. The van der Waals surface area contributed by atoms with Crippen LogP contribution in [0, 0.1) is 0 Å². The van der Waals surface area contributed by atoms with Gasteiger partial charge in [-0.05, 0) is 48.6 Å². The van der Waals surface area contributed by atoms with E-state index in [1.807, 2.05) is 19.1 Å². The number of phenols is 2. The minimum atomic E-state index is 0.248. The van der Waals surface area contributed by atoms with Crippen molar-refractivity contribution in [2.24, 2.45) is 0 Å². The highest BCUT2D eigenvalue weighted by Crippen LogP contribution is 2.26. The van der Waals surface area contributed by atoms with Crippen LogP contribution in [0.25, 0.3) is 21.8 Å². The zero-order chi connectivity index (χ0) is 18.1. The summed E-state index contributed by atoms with van der Waals surface area (Å²) in [7, 11) is 0. The average Bonchev–Trinajstić information content (AvgIpc) is 2.65. The molecule has 6 nitrogen and oxygen atoms in total. The minimum Gasteiger partial charge on any atom is -0.508 e. The highest BCUT2D eigenvalue weighted by molar-refractivity contribution is 5.83. The number of nitrogens with zero attached hydrogens (tertiary/aromatic N) is 4. The predicted octanol–water partition coefficient (Wildman–Crippen LogP) is 3.33. The number of phenolic OH excluding ortho intramolecular Hbond substituents is 2. The Bertz CT molecular complexity index is 1110. The lowest BCUT2D eigenvalue weighted by Crippen LogP contribution is -1.98. The van der Waals surface area contributed by atoms with E-state index in [9.17, 15) is 10.2 Å². The first-order valence-corrected chi connectivity index (χ1v) is 8.54. The maximum absolute atomic E-state index is 10.2. The summed E-state index contributed by atoms with van der Waals surface area (Å²) < 4.78 is 0. The molecule has 2 aromatic carbocycles. The molecule has 0 amide bonds. The standard InChI is InChI=1S/C20H18N4O2/c1-2-12-6-18-17(8-20(12)26)21-11-16(24-18)4-3-13-5-14-9-22-23-10-15(14)7-19(13)25/h5-11,25-26H,2-4H2,1H3. The largest absolute Gasteiger partial charge is 0.508 e. The van der Waals surface area contributed by atoms with Crippen molar-refractivity contribution in [3.05, 3.63) is 59.7 Å². The van der Waals surface area contributed by atoms with Gasteiger partial charge in [0.1, 0.15) is 11.5 Å². The Labute approximate surface area is 150 Å². The van der Waals surface area contributed by atoms with Crippen molar-refractivity contribution in [1.82, 2.24) is 20.2 Å². The zero-order valence-electron chi connectivity index (χ0n) is 14.3. The molecular formula is C20H18N4O2. The number of hydrogen-bond acceptors (Lipinski definition) is 6. The van der Waals surface area contributed by atoms with Gasteiger partial charge in [-0.3, -0.25) is 4.98 Å². The Morgan fingerprint density at radius 2 is 1.50 bits per heavy atom. The maximum atomic E-state index is 10.2. The number of benzene rings is 2. The van der Waals surface area contributed by atoms with Crippen LogP contribution in [0.4, 0.5) is 0 Å². The Kier molecular flexibility index (Phi) is 4.08. The van der Waals surface area contributed by atoms with Gasteiger partial charge in [0.25, 0.3) is 0 Å². The summed E-state index contributed by atoms with van der Waals surface area (Å²) in [6.45, 7) is 1.99. The quantitative estimate of drug-likeness (QED) is 0.589. The molecule has 0 fully saturated rings. The van der Waals surface area contributed by atoms with Gasteiger partial charge in [-0.15, -0.1) is 0 Å². The van der Waals surface area contributed by atoms with Crippen LogP contribution in [0.5, 0.6) is 11.5 Å². The highest BCUT2D eigenvalue weighted by Gasteiger charge is 2.08. The summed E-state index contributed by atoms with van der Waals surface area (Å²) in [6, 6.07) is 7.18. The monoisotopic (exact) mass is 346 g/mol. The number of rotatable bonds is 4. The zero-order valence-corrected chi connectivity index (χ0v) is 14.3. The molecule has 0 aliphatic carbocycles. The SMILES string of the molecule is CCc1cc2nc(CCc3cc4cnncc4cc3O)cnc2cc1O. The second kappa shape index (κ2) is 6.55. The lowest BCUT2D eigenvalue weighted by atomic mass is 10.0. The molecule has 2 N–H and O–H groups in total. The van der Waals surface area contributed by atoms with Gasteiger partial charge >= 0.3 is 0 Å². The van der Waals surface area contributed by atoms with Crippen LogP contribution in [0.2, 0.25) is 0 Å². The first-order chi connectivity index (χ1) is 12.6. The van der Waals surface area contributed by atoms with Crippen LogP contribution < -0.4 is 0 Å². The molecule has 0 unspecified atom stereocenters. The third-order valence-electron chi connectivity index (χ3n) is 4.57. The molecule has 0 spiro atoms. The van der Waals surface area contributed by atoms with Gasteiger partial charge in [0.2, 0.25) is 0 Å². The van der Waals surface area contributed by atoms with E-state index < -0.39 is 0 Å². The third-order valence-corrected chi connectivity index (χ3v) is 4.57. The van der Waals surface area contributed by atoms with Crippen molar-refractivity contribution < 1.29 is 10.2 Å². The Morgan fingerprint density at radius 1 is 0.769 bits per heavy atom. The van der Waals surface area contributed by atoms with E-state index in [0.29, 0.717) is 18.4 Å². The number of aromatic hydroxyl groups is 2. The van der Waals surface area contributed by atoms with E-state index in [1.54, 1.807) is 30.7 Å². The Hall–Kier alpha value is -3.28. The molecule has 0 bridgehead atoms. The first-order valence-electron chi connectivity index (χ1n) is 8.54. The fourth-order valence-electron chi connectivity index (χ4n) is 3.08. The molecule has 0 saturated heterocycles. The molecule has 2 aromatic heterocycles. The molecule has 0 aliphatic rings. The molecule has 4 rings (SSSR count). The summed E-state index contributed by atoms with van der Waals surface area (Å²) in [5.74, 6) is 0.503. The molecule has 0 saturated carbocycles. The second-order valence-electron chi connectivity index (χ2n) is 6.28. The molecule has 0 radical (unpaired) electrons. The van der Waals surface area contributed by atoms with Crippen molar-refractivity contribution in [2.75, 3.05) is 0 Å². The maximum Gasteiger partial charge on any atom is 0.121 e. The van der Waals surface area contributed by atoms with Gasteiger partial charge in [-0.2, -0.15) is 10.2 Å². The number of fused-ring (bicyclic) bond motifs is 2. The molecule has 0 atom stereocenters. The van der Waals surface area contributed by atoms with Crippen molar-refractivity contribution in [1.29, 1.82) is 0 Å². The van der Waals surface area contributed by atoms with Gasteiger partial charge in [-0.1, -0.05) is 6.92 Å². The van der Waals surface area contributed by atoms with Gasteiger partial charge < -0.3 is 10.2 Å². The minimum absolute atomic E-state index is 0.248. The summed E-state index contributed by atoms with van der Waals surface area (Å²) in [6.07, 6.45) is 7.07. The summed E-state index contributed by atoms with van der Waals surface area (Å²) in [5.41, 5.74) is 3.99. The van der Waals surface area contributed by atoms with E-state index in [2.05, 4.69) is 20.2 Å². The fourth-order valence-corrected chi connectivity index (χ4v) is 3.08. The highest BCUT2D eigenvalue weighted by atomic mass is 16.3. The first kappa shape index (κ1) is 16.2. The molecule has 4 aromatic rings. The van der Waals surface area contributed by atoms with Gasteiger partial charge in [0.05, 0.1) is 29.1 Å². The van der Waals surface area contributed by atoms with E-state index >= 15 is 0 Å². The van der Waals surface area contributed by atoms with Crippen LogP contribution in [-0.4, -0.2) is 30.4 Å². The fraction of sp³-hybridized carbons (Fsp3) is 0.200. The smallest absolute Gasteiger partial charge is 0.121 e. The number of aryl methyl sites for hydroxylation is 3. The van der Waals surface area contributed by atoms with E-state index in [-0.39, 0.29) is 11.5 Å². The molecule has 2 heterocycles. The summed E-state index contributed by atoms with van der Waals surface area (Å²) in [5, 5.41) is 29.7. The van der Waals surface area contributed by atoms with Crippen molar-refractivity contribution in [3.63, 3.8) is 0 Å². The molecule has 26 heavy (non-hydrogen) atoms. The topological polar surface area (TPSA) is 92.0 Å². The van der Waals surface area contributed by atoms with Gasteiger partial charge in [-0.25, -0.2) is 4.98 Å². The summed E-state index contributed by atoms with van der Waals surface area (Å²) >= 11 is 0. The van der Waals surface area contributed by atoms with Crippen LogP contribution in [0.3, 0.4) is 0 Å². The van der Waals surface area contributed by atoms with Crippen LogP contribution in [0.1, 0.15) is 23.7 Å². The van der Waals surface area contributed by atoms with Crippen molar-refractivity contribution in [3.8, 4) is 11.5 Å². The van der Waals surface area contributed by atoms with Gasteiger partial charge in [0.15, 0.2) is 0 Å². The third kappa shape index (κ3) is 3.01. The molecule has 6 heteroatoms.